The second-order valence-electron chi connectivity index (χ2n) is 10.5. The lowest BCUT2D eigenvalue weighted by Crippen LogP contribution is -2.41. The molecule has 2 aromatic carbocycles. The zero-order valence-electron chi connectivity index (χ0n) is 23.2. The quantitative estimate of drug-likeness (QED) is 0.293. The van der Waals surface area contributed by atoms with Gasteiger partial charge in [-0.15, -0.1) is 0 Å². The summed E-state index contributed by atoms with van der Waals surface area (Å²) in [5.74, 6) is -3.12. The Morgan fingerprint density at radius 1 is 1.09 bits per heavy atom. The summed E-state index contributed by atoms with van der Waals surface area (Å²) < 4.78 is 40.8. The predicted octanol–water partition coefficient (Wildman–Crippen LogP) is 4.65. The number of anilines is 2. The van der Waals surface area contributed by atoms with E-state index in [0.717, 1.165) is 31.0 Å². The van der Waals surface area contributed by atoms with Crippen molar-refractivity contribution in [3.05, 3.63) is 81.7 Å². The molecule has 3 heterocycles. The van der Waals surface area contributed by atoms with E-state index < -0.39 is 41.6 Å². The van der Waals surface area contributed by atoms with Gasteiger partial charge in [-0.1, -0.05) is 12.1 Å². The Labute approximate surface area is 244 Å². The van der Waals surface area contributed by atoms with Crippen molar-refractivity contribution in [3.63, 3.8) is 0 Å². The number of primary amides is 1. The number of carbonyl (C=O) groups is 4. The van der Waals surface area contributed by atoms with E-state index in [4.69, 9.17) is 5.73 Å². The maximum absolute atomic E-state index is 13.1. The van der Waals surface area contributed by atoms with Crippen LogP contribution in [0.1, 0.15) is 67.8 Å². The fourth-order valence-electron chi connectivity index (χ4n) is 5.74. The minimum absolute atomic E-state index is 0.00331. The Balaban J connectivity index is 1.52. The number of likely N-dealkylation sites (tertiary alicyclic amines) is 1. The van der Waals surface area contributed by atoms with Gasteiger partial charge >= 0.3 is 12.1 Å². The van der Waals surface area contributed by atoms with Crippen molar-refractivity contribution in [1.82, 2.24) is 9.47 Å². The van der Waals surface area contributed by atoms with Gasteiger partial charge in [0.15, 0.2) is 6.17 Å². The fraction of sp³-hybridized carbons (Fsp3) is 0.267. The summed E-state index contributed by atoms with van der Waals surface area (Å²) in [6.45, 7) is 4.38. The monoisotopic (exact) mass is 595 g/mol. The Morgan fingerprint density at radius 3 is 2.42 bits per heavy atom. The van der Waals surface area contributed by atoms with Crippen LogP contribution in [0.15, 0.2) is 42.5 Å². The van der Waals surface area contributed by atoms with E-state index in [9.17, 15) is 37.5 Å². The normalized spacial score (nSPS) is 16.7. The minimum atomic E-state index is -4.61. The molecule has 0 radical (unpaired) electrons. The number of nitrogens with one attached hydrogen (secondary N) is 2. The first-order valence-corrected chi connectivity index (χ1v) is 13.4. The number of amides is 3. The summed E-state index contributed by atoms with van der Waals surface area (Å²) >= 11 is 0. The lowest BCUT2D eigenvalue weighted by atomic mass is 10.0. The lowest BCUT2D eigenvalue weighted by Gasteiger charge is -2.29. The largest absolute Gasteiger partial charge is 0.478 e. The second-order valence-corrected chi connectivity index (χ2v) is 10.5. The van der Waals surface area contributed by atoms with Gasteiger partial charge in [-0.25, -0.2) is 4.79 Å². The Morgan fingerprint density at radius 2 is 1.79 bits per heavy atom. The molecule has 0 saturated carbocycles. The van der Waals surface area contributed by atoms with E-state index in [1.165, 1.54) is 24.3 Å². The van der Waals surface area contributed by atoms with Crippen LogP contribution in [0.5, 0.6) is 0 Å². The van der Waals surface area contributed by atoms with Gasteiger partial charge in [-0.3, -0.25) is 19.3 Å². The molecule has 1 fully saturated rings. The summed E-state index contributed by atoms with van der Waals surface area (Å²) in [5, 5.41) is 15.2. The molecule has 43 heavy (non-hydrogen) atoms. The van der Waals surface area contributed by atoms with Crippen molar-refractivity contribution < 1.29 is 37.5 Å². The number of aromatic nitrogens is 1. The summed E-state index contributed by atoms with van der Waals surface area (Å²) in [6, 6.07) is 8.53. The van der Waals surface area contributed by atoms with Crippen LogP contribution >= 0.6 is 0 Å². The maximum Gasteiger partial charge on any atom is 0.416 e. The molecular weight excluding hydrogens is 567 g/mol. The van der Waals surface area contributed by atoms with Gasteiger partial charge in [0.1, 0.15) is 0 Å². The molecule has 1 saturated heterocycles. The number of carboxylic acids is 1. The molecule has 1 unspecified atom stereocenters. The highest BCUT2D eigenvalue weighted by molar-refractivity contribution is 6.35. The van der Waals surface area contributed by atoms with Crippen LogP contribution < -0.4 is 16.4 Å². The second kappa shape index (κ2) is 11.1. The number of hydrogen-bond acceptors (Lipinski definition) is 5. The molecule has 0 aliphatic carbocycles. The maximum atomic E-state index is 13.1. The number of nitrogens with zero attached hydrogens (tertiary/aromatic N) is 2. The molecule has 224 valence electrons. The summed E-state index contributed by atoms with van der Waals surface area (Å²) in [4.78, 5) is 52.6. The first-order valence-electron chi connectivity index (χ1n) is 13.4. The SMILES string of the molecule is Cc1c(C(=O)O)c(C)n(C(C(N)=O)N2CCCC2)c1C=C1C(=O)Nc2cc(NC(=O)c3cccc(C(F)(F)F)c3)ccc21. The van der Waals surface area contributed by atoms with Gasteiger partial charge in [-0.05, 0) is 68.7 Å². The molecule has 5 N–H and O–H groups in total. The van der Waals surface area contributed by atoms with Gasteiger partial charge in [0.05, 0.1) is 22.4 Å². The van der Waals surface area contributed by atoms with Gasteiger partial charge < -0.3 is 26.0 Å². The molecule has 2 aliphatic rings. The van der Waals surface area contributed by atoms with E-state index in [0.29, 0.717) is 41.3 Å². The van der Waals surface area contributed by atoms with Crippen LogP contribution in [0.3, 0.4) is 0 Å². The molecule has 5 rings (SSSR count). The van der Waals surface area contributed by atoms with Crippen LogP contribution in [0.4, 0.5) is 24.5 Å². The third kappa shape index (κ3) is 5.50. The summed E-state index contributed by atoms with van der Waals surface area (Å²) in [5.41, 5.74) is 6.88. The smallest absolute Gasteiger partial charge is 0.416 e. The third-order valence-electron chi connectivity index (χ3n) is 7.73. The first kappa shape index (κ1) is 29.6. The van der Waals surface area contributed by atoms with Crippen LogP contribution in [0, 0.1) is 13.8 Å². The van der Waals surface area contributed by atoms with Crippen molar-refractivity contribution in [1.29, 1.82) is 0 Å². The number of nitrogens with two attached hydrogens (primary N) is 1. The van der Waals surface area contributed by atoms with Crippen molar-refractivity contribution in [2.24, 2.45) is 5.73 Å². The molecule has 0 bridgehead atoms. The molecule has 0 spiro atoms. The molecule has 1 atom stereocenters. The number of halogens is 3. The number of carbonyl (C=O) groups excluding carboxylic acids is 3. The molecule has 13 heteroatoms. The molecule has 1 aromatic heterocycles. The van der Waals surface area contributed by atoms with Crippen LogP contribution in [0.2, 0.25) is 0 Å². The molecule has 3 amide bonds. The van der Waals surface area contributed by atoms with Gasteiger partial charge in [0.25, 0.3) is 17.7 Å². The van der Waals surface area contributed by atoms with Crippen molar-refractivity contribution in [2.75, 3.05) is 23.7 Å². The Hall–Kier alpha value is -4.91. The van der Waals surface area contributed by atoms with Gasteiger partial charge in [-0.2, -0.15) is 13.2 Å². The van der Waals surface area contributed by atoms with E-state index in [2.05, 4.69) is 10.6 Å². The standard InChI is InChI=1S/C30H28F3N5O5/c1-15-23(38(16(2)24(15)29(42)43)28(25(34)39)37-10-3-4-11-37)14-21-20-9-8-19(13-22(20)36-27(21)41)35-26(40)17-6-5-7-18(12-17)30(31,32)33/h5-9,12-14,28H,3-4,10-11H2,1-2H3,(H2,34,39)(H,35,40)(H,36,41)(H,42,43). The number of fused-ring (bicyclic) bond motifs is 1. The third-order valence-corrected chi connectivity index (χ3v) is 7.73. The van der Waals surface area contributed by atoms with Crippen LogP contribution in [-0.2, 0) is 15.8 Å². The Bertz CT molecular complexity index is 1700. The highest BCUT2D eigenvalue weighted by atomic mass is 19.4. The Kier molecular flexibility index (Phi) is 7.61. The molecular formula is C30H28F3N5O5. The van der Waals surface area contributed by atoms with E-state index in [1.54, 1.807) is 24.5 Å². The van der Waals surface area contributed by atoms with E-state index in [1.807, 2.05) is 4.90 Å². The van der Waals surface area contributed by atoms with Crippen molar-refractivity contribution in [3.8, 4) is 0 Å². The minimum Gasteiger partial charge on any atom is -0.478 e. The highest BCUT2D eigenvalue weighted by Gasteiger charge is 2.35. The van der Waals surface area contributed by atoms with Crippen LogP contribution in [-0.4, -0.2) is 51.4 Å². The number of alkyl halides is 3. The number of carboxylic acid groups (broad SMARTS) is 1. The highest BCUT2D eigenvalue weighted by Crippen LogP contribution is 2.38. The number of aromatic carboxylic acids is 1. The fourth-order valence-corrected chi connectivity index (χ4v) is 5.74. The lowest BCUT2D eigenvalue weighted by molar-refractivity contribution is -0.137. The molecule has 2 aliphatic heterocycles. The zero-order valence-corrected chi connectivity index (χ0v) is 23.2. The number of rotatable bonds is 7. The number of hydrogen-bond donors (Lipinski definition) is 4. The summed E-state index contributed by atoms with van der Waals surface area (Å²) in [7, 11) is 0. The van der Waals surface area contributed by atoms with Gasteiger partial charge in [0, 0.05) is 41.3 Å². The molecule has 3 aromatic rings. The zero-order chi connectivity index (χ0) is 31.2. The topological polar surface area (TPSA) is 147 Å². The van der Waals surface area contributed by atoms with E-state index in [-0.39, 0.29) is 22.4 Å². The average molecular weight is 596 g/mol. The van der Waals surface area contributed by atoms with Crippen LogP contribution in [0.25, 0.3) is 11.6 Å². The predicted molar refractivity (Wildman–Crippen MR) is 152 cm³/mol. The van der Waals surface area contributed by atoms with Crippen molar-refractivity contribution in [2.45, 2.75) is 39.0 Å². The average Bonchev–Trinajstić information content (AvgIpc) is 3.62. The summed E-state index contributed by atoms with van der Waals surface area (Å²) in [6.07, 6.45) is -2.34. The number of benzene rings is 2. The van der Waals surface area contributed by atoms with Gasteiger partial charge in [0.2, 0.25) is 0 Å². The van der Waals surface area contributed by atoms with Crippen molar-refractivity contribution >= 4 is 46.7 Å². The molecule has 10 nitrogen and oxygen atoms in total. The van der Waals surface area contributed by atoms with E-state index >= 15 is 0 Å². The first-order chi connectivity index (χ1) is 20.3.